The third-order valence-electron chi connectivity index (χ3n) is 4.78. The fourth-order valence-corrected chi connectivity index (χ4v) is 3.14. The van der Waals surface area contributed by atoms with Gasteiger partial charge in [-0.3, -0.25) is 9.59 Å². The van der Waals surface area contributed by atoms with Crippen LogP contribution >= 0.6 is 0 Å². The van der Waals surface area contributed by atoms with Crippen molar-refractivity contribution in [3.63, 3.8) is 0 Å². The van der Waals surface area contributed by atoms with Crippen LogP contribution in [0.3, 0.4) is 0 Å². The molecule has 2 atom stereocenters. The summed E-state index contributed by atoms with van der Waals surface area (Å²) < 4.78 is 0. The highest BCUT2D eigenvalue weighted by Gasteiger charge is 2.32. The Morgan fingerprint density at radius 1 is 1.23 bits per heavy atom. The first-order valence-corrected chi connectivity index (χ1v) is 8.93. The highest BCUT2D eigenvalue weighted by atomic mass is 16.4. The number of aliphatic carboxylic acids is 1. The third kappa shape index (κ3) is 5.47. The molecule has 1 aliphatic heterocycles. The molecule has 0 saturated carbocycles. The number of carboxylic acids is 1. The van der Waals surface area contributed by atoms with Crippen LogP contribution < -0.4 is 5.32 Å². The minimum atomic E-state index is -0.856. The van der Waals surface area contributed by atoms with E-state index in [1.165, 1.54) is 0 Å². The molecule has 0 spiro atoms. The van der Waals surface area contributed by atoms with Crippen molar-refractivity contribution in [1.29, 1.82) is 0 Å². The van der Waals surface area contributed by atoms with Crippen LogP contribution in [-0.2, 0) is 16.1 Å². The Balaban J connectivity index is 1.76. The van der Waals surface area contributed by atoms with E-state index in [-0.39, 0.29) is 37.5 Å². The van der Waals surface area contributed by atoms with Crippen LogP contribution in [0.4, 0.5) is 4.79 Å². The topological polar surface area (TPSA) is 90.0 Å². The highest BCUT2D eigenvalue weighted by molar-refractivity contribution is 5.79. The lowest BCUT2D eigenvalue weighted by molar-refractivity contribution is -0.147. The van der Waals surface area contributed by atoms with Crippen molar-refractivity contribution in [2.75, 3.05) is 20.1 Å². The number of carbonyl (C=O) groups is 3. The van der Waals surface area contributed by atoms with Crippen molar-refractivity contribution in [3.8, 4) is 0 Å². The number of amides is 3. The predicted molar refractivity (Wildman–Crippen MR) is 97.5 cm³/mol. The number of rotatable bonds is 6. The maximum Gasteiger partial charge on any atom is 0.317 e. The lowest BCUT2D eigenvalue weighted by atomic mass is 9.93. The van der Waals surface area contributed by atoms with E-state index < -0.39 is 11.9 Å². The summed E-state index contributed by atoms with van der Waals surface area (Å²) in [7, 11) is 1.70. The number of piperidine rings is 1. The summed E-state index contributed by atoms with van der Waals surface area (Å²) >= 11 is 0. The first-order chi connectivity index (χ1) is 12.4. The second-order valence-electron chi connectivity index (χ2n) is 6.83. The van der Waals surface area contributed by atoms with Gasteiger partial charge in [-0.15, -0.1) is 0 Å². The summed E-state index contributed by atoms with van der Waals surface area (Å²) in [6.07, 6.45) is 1.46. The van der Waals surface area contributed by atoms with E-state index >= 15 is 0 Å². The molecule has 0 aromatic heterocycles. The Hall–Kier alpha value is -2.57. The van der Waals surface area contributed by atoms with Gasteiger partial charge in [0, 0.05) is 39.1 Å². The van der Waals surface area contributed by atoms with Gasteiger partial charge in [0.15, 0.2) is 0 Å². The summed E-state index contributed by atoms with van der Waals surface area (Å²) in [6.45, 7) is 2.90. The van der Waals surface area contributed by atoms with Gasteiger partial charge in [-0.2, -0.15) is 0 Å². The Morgan fingerprint density at radius 3 is 2.58 bits per heavy atom. The van der Waals surface area contributed by atoms with Crippen molar-refractivity contribution in [2.45, 2.75) is 38.8 Å². The lowest BCUT2D eigenvalue weighted by Gasteiger charge is -2.36. The second kappa shape index (κ2) is 9.22. The zero-order valence-electron chi connectivity index (χ0n) is 15.4. The summed E-state index contributed by atoms with van der Waals surface area (Å²) in [5, 5.41) is 11.9. The van der Waals surface area contributed by atoms with Crippen LogP contribution in [0.1, 0.15) is 31.7 Å². The fraction of sp³-hybridized carbons (Fsp3) is 0.526. The smallest absolute Gasteiger partial charge is 0.317 e. The first-order valence-electron chi connectivity index (χ1n) is 8.93. The quantitative estimate of drug-likeness (QED) is 0.810. The van der Waals surface area contributed by atoms with Gasteiger partial charge in [0.1, 0.15) is 0 Å². The number of likely N-dealkylation sites (tertiary alicyclic amines) is 1. The summed E-state index contributed by atoms with van der Waals surface area (Å²) in [5.41, 5.74) is 1.03. The van der Waals surface area contributed by atoms with Crippen LogP contribution in [0.25, 0.3) is 0 Å². The number of carbonyl (C=O) groups excluding carboxylic acids is 2. The van der Waals surface area contributed by atoms with Crippen molar-refractivity contribution >= 4 is 17.9 Å². The van der Waals surface area contributed by atoms with Crippen LogP contribution in [0.5, 0.6) is 0 Å². The Morgan fingerprint density at radius 2 is 1.92 bits per heavy atom. The number of hydrogen-bond acceptors (Lipinski definition) is 3. The molecule has 2 rings (SSSR count). The van der Waals surface area contributed by atoms with Crippen LogP contribution in [-0.4, -0.2) is 59.0 Å². The maximum absolute atomic E-state index is 12.4. The number of nitrogens with zero attached hydrogens (tertiary/aromatic N) is 2. The Kier molecular flexibility index (Phi) is 7.00. The van der Waals surface area contributed by atoms with E-state index in [0.29, 0.717) is 19.4 Å². The minimum absolute atomic E-state index is 0.0366. The molecule has 3 amide bonds. The Labute approximate surface area is 154 Å². The monoisotopic (exact) mass is 361 g/mol. The van der Waals surface area contributed by atoms with Gasteiger partial charge in [0.05, 0.1) is 5.92 Å². The van der Waals surface area contributed by atoms with Gasteiger partial charge >= 0.3 is 12.0 Å². The Bertz CT molecular complexity index is 635. The molecule has 2 unspecified atom stereocenters. The van der Waals surface area contributed by atoms with E-state index in [1.54, 1.807) is 16.8 Å². The van der Waals surface area contributed by atoms with Crippen molar-refractivity contribution < 1.29 is 19.5 Å². The molecule has 2 N–H and O–H groups in total. The molecule has 1 aliphatic rings. The highest BCUT2D eigenvalue weighted by Crippen LogP contribution is 2.22. The molecular weight excluding hydrogens is 334 g/mol. The molecule has 1 saturated heterocycles. The zero-order chi connectivity index (χ0) is 19.1. The van der Waals surface area contributed by atoms with E-state index in [2.05, 4.69) is 5.32 Å². The van der Waals surface area contributed by atoms with Crippen molar-refractivity contribution in [3.05, 3.63) is 35.9 Å². The number of benzene rings is 1. The average molecular weight is 361 g/mol. The van der Waals surface area contributed by atoms with Gasteiger partial charge in [-0.05, 0) is 25.3 Å². The van der Waals surface area contributed by atoms with Crippen LogP contribution in [0.2, 0.25) is 0 Å². The molecule has 7 nitrogen and oxygen atoms in total. The fourth-order valence-electron chi connectivity index (χ4n) is 3.14. The van der Waals surface area contributed by atoms with Crippen molar-refractivity contribution in [2.24, 2.45) is 5.92 Å². The summed E-state index contributed by atoms with van der Waals surface area (Å²) in [6, 6.07) is 9.46. The molecular formula is C19H27N3O4. The van der Waals surface area contributed by atoms with Crippen LogP contribution in [0.15, 0.2) is 30.3 Å². The molecule has 1 aromatic rings. The summed E-state index contributed by atoms with van der Waals surface area (Å²) in [4.78, 5) is 38.9. The van der Waals surface area contributed by atoms with Gasteiger partial charge in [0.25, 0.3) is 0 Å². The largest absolute Gasteiger partial charge is 0.481 e. The van der Waals surface area contributed by atoms with Crippen molar-refractivity contribution in [1.82, 2.24) is 15.1 Å². The molecule has 1 fully saturated rings. The standard InChI is InChI=1S/C19H27N3O4/c1-14-8-9-16(18(24)25)13-22(14)17(23)10-11-20-19(26)21(2)12-15-6-4-3-5-7-15/h3-7,14,16H,8-13H2,1-2H3,(H,20,26)(H,24,25). The second-order valence-corrected chi connectivity index (χ2v) is 6.83. The molecule has 0 bridgehead atoms. The van der Waals surface area contributed by atoms with E-state index in [0.717, 1.165) is 5.56 Å². The average Bonchev–Trinajstić information content (AvgIpc) is 2.62. The van der Waals surface area contributed by atoms with E-state index in [9.17, 15) is 14.4 Å². The number of hydrogen-bond donors (Lipinski definition) is 2. The first kappa shape index (κ1) is 19.8. The predicted octanol–water partition coefficient (Wildman–Crippen LogP) is 1.93. The third-order valence-corrected chi connectivity index (χ3v) is 4.78. The summed E-state index contributed by atoms with van der Waals surface area (Å²) in [5.74, 6) is -1.47. The zero-order valence-corrected chi connectivity index (χ0v) is 15.4. The van der Waals surface area contributed by atoms with E-state index in [1.807, 2.05) is 37.3 Å². The number of nitrogens with one attached hydrogen (secondary N) is 1. The molecule has 0 radical (unpaired) electrons. The van der Waals surface area contributed by atoms with Crippen LogP contribution in [0, 0.1) is 5.92 Å². The maximum atomic E-state index is 12.4. The molecule has 1 aromatic carbocycles. The number of urea groups is 1. The molecule has 142 valence electrons. The number of carboxylic acid groups (broad SMARTS) is 1. The van der Waals surface area contributed by atoms with Gasteiger partial charge in [-0.25, -0.2) is 4.79 Å². The van der Waals surface area contributed by atoms with E-state index in [4.69, 9.17) is 5.11 Å². The van der Waals surface area contributed by atoms with Gasteiger partial charge in [0.2, 0.25) is 5.91 Å². The lowest BCUT2D eigenvalue weighted by Crippen LogP contribution is -2.48. The molecule has 7 heteroatoms. The van der Waals surface area contributed by atoms with Gasteiger partial charge in [-0.1, -0.05) is 30.3 Å². The minimum Gasteiger partial charge on any atom is -0.481 e. The SMILES string of the molecule is CC1CCC(C(=O)O)CN1C(=O)CCNC(=O)N(C)Cc1ccccc1. The molecule has 1 heterocycles. The van der Waals surface area contributed by atoms with Gasteiger partial charge < -0.3 is 20.2 Å². The molecule has 26 heavy (non-hydrogen) atoms. The normalized spacial score (nSPS) is 19.7. The molecule has 0 aliphatic carbocycles.